The summed E-state index contributed by atoms with van der Waals surface area (Å²) < 4.78 is 0. The summed E-state index contributed by atoms with van der Waals surface area (Å²) in [4.78, 5) is 33.4. The van der Waals surface area contributed by atoms with E-state index in [0.29, 0.717) is 12.8 Å². The van der Waals surface area contributed by atoms with Crippen LogP contribution >= 0.6 is 0 Å². The summed E-state index contributed by atoms with van der Waals surface area (Å²) in [5, 5.41) is 4.73. The molecule has 1 aromatic heterocycles. The molecule has 1 fully saturated rings. The molecule has 126 valence electrons. The zero-order valence-corrected chi connectivity index (χ0v) is 14.4. The van der Waals surface area contributed by atoms with E-state index in [-0.39, 0.29) is 17.6 Å². The summed E-state index contributed by atoms with van der Waals surface area (Å²) in [6.07, 6.45) is 2.97. The van der Waals surface area contributed by atoms with Crippen molar-refractivity contribution in [2.24, 2.45) is 0 Å². The number of carbonyl (C=O) groups is 2. The normalized spacial score (nSPS) is 20.7. The van der Waals surface area contributed by atoms with Crippen molar-refractivity contribution in [3.05, 3.63) is 30.1 Å². The lowest BCUT2D eigenvalue weighted by atomic mass is 9.79. The van der Waals surface area contributed by atoms with Crippen molar-refractivity contribution in [1.29, 1.82) is 0 Å². The van der Waals surface area contributed by atoms with Gasteiger partial charge in [0.15, 0.2) is 0 Å². The summed E-state index contributed by atoms with van der Waals surface area (Å²) in [5.41, 5.74) is -0.526. The minimum absolute atomic E-state index is 0.0412. The van der Waals surface area contributed by atoms with Gasteiger partial charge in [0.2, 0.25) is 5.91 Å². The third kappa shape index (κ3) is 4.07. The number of rotatable bonds is 3. The summed E-state index contributed by atoms with van der Waals surface area (Å²) in [6.45, 7) is 9.55. The molecular formula is C17H25N3O3. The monoisotopic (exact) mass is 319 g/mol. The fraction of sp³-hybridized carbons (Fsp3) is 0.588. The van der Waals surface area contributed by atoms with Crippen LogP contribution in [0.15, 0.2) is 24.4 Å². The standard InChI is InChI=1S/C17H25N3O3/c1-12(21)19-13-10-16(2,3)20(17(4,5)11-13)23-15(22)14-8-6-7-9-18-14/h6-9,13H,10-11H2,1-5H3,(H,19,21). The van der Waals surface area contributed by atoms with Crippen molar-refractivity contribution in [2.75, 3.05) is 0 Å². The van der Waals surface area contributed by atoms with Crippen LogP contribution in [0.4, 0.5) is 0 Å². The number of piperidine rings is 1. The highest BCUT2D eigenvalue weighted by Crippen LogP contribution is 2.38. The van der Waals surface area contributed by atoms with Crippen molar-refractivity contribution >= 4 is 11.9 Å². The van der Waals surface area contributed by atoms with Crippen molar-refractivity contribution < 1.29 is 14.4 Å². The van der Waals surface area contributed by atoms with E-state index in [9.17, 15) is 9.59 Å². The topological polar surface area (TPSA) is 71.5 Å². The number of hydrogen-bond donors (Lipinski definition) is 1. The second-order valence-corrected chi connectivity index (χ2v) is 7.32. The highest BCUT2D eigenvalue weighted by Gasteiger charge is 2.48. The Hall–Kier alpha value is -1.95. The van der Waals surface area contributed by atoms with Crippen LogP contribution < -0.4 is 5.32 Å². The summed E-state index contributed by atoms with van der Waals surface area (Å²) in [5.74, 6) is -0.509. The first-order chi connectivity index (χ1) is 10.6. The molecule has 0 bridgehead atoms. The van der Waals surface area contributed by atoms with Gasteiger partial charge in [-0.15, -0.1) is 5.06 Å². The molecule has 1 aliphatic heterocycles. The van der Waals surface area contributed by atoms with E-state index < -0.39 is 17.0 Å². The van der Waals surface area contributed by atoms with Crippen LogP contribution in [0.1, 0.15) is 57.9 Å². The fourth-order valence-electron chi connectivity index (χ4n) is 3.51. The Morgan fingerprint density at radius 2 is 1.83 bits per heavy atom. The number of hydroxylamine groups is 2. The molecule has 0 radical (unpaired) electrons. The van der Waals surface area contributed by atoms with Crippen molar-refractivity contribution in [1.82, 2.24) is 15.4 Å². The van der Waals surface area contributed by atoms with Crippen LogP contribution in [0.25, 0.3) is 0 Å². The van der Waals surface area contributed by atoms with E-state index in [0.717, 1.165) is 0 Å². The Kier molecular flexibility index (Phi) is 4.75. The van der Waals surface area contributed by atoms with Gasteiger partial charge in [0.1, 0.15) is 5.69 Å². The number of amides is 1. The number of hydrogen-bond acceptors (Lipinski definition) is 5. The number of pyridine rings is 1. The Labute approximate surface area is 137 Å². The van der Waals surface area contributed by atoms with Crippen LogP contribution in [-0.2, 0) is 9.63 Å². The largest absolute Gasteiger partial charge is 0.375 e. The van der Waals surface area contributed by atoms with E-state index in [1.807, 2.05) is 27.7 Å². The molecule has 0 saturated carbocycles. The smallest absolute Gasteiger partial charge is 0.362 e. The molecule has 1 N–H and O–H groups in total. The van der Waals surface area contributed by atoms with Crippen molar-refractivity contribution in [2.45, 2.75) is 64.6 Å². The van der Waals surface area contributed by atoms with E-state index in [4.69, 9.17) is 4.84 Å². The average molecular weight is 319 g/mol. The second kappa shape index (κ2) is 6.28. The maximum Gasteiger partial charge on any atom is 0.375 e. The number of nitrogens with one attached hydrogen (secondary N) is 1. The molecule has 0 unspecified atom stereocenters. The van der Waals surface area contributed by atoms with Gasteiger partial charge in [-0.3, -0.25) is 4.79 Å². The SMILES string of the molecule is CC(=O)NC1CC(C)(C)N(OC(=O)c2ccccn2)C(C)(C)C1. The molecule has 23 heavy (non-hydrogen) atoms. The van der Waals surface area contributed by atoms with Crippen LogP contribution in [0, 0.1) is 0 Å². The van der Waals surface area contributed by atoms with Crippen molar-refractivity contribution in [3.8, 4) is 0 Å². The zero-order chi connectivity index (χ0) is 17.3. The molecule has 6 nitrogen and oxygen atoms in total. The third-order valence-corrected chi connectivity index (χ3v) is 4.05. The highest BCUT2D eigenvalue weighted by atomic mass is 16.7. The fourth-order valence-corrected chi connectivity index (χ4v) is 3.51. The molecule has 1 amide bonds. The lowest BCUT2D eigenvalue weighted by molar-refractivity contribution is -0.245. The second-order valence-electron chi connectivity index (χ2n) is 7.32. The van der Waals surface area contributed by atoms with Crippen LogP contribution in [-0.4, -0.2) is 39.0 Å². The maximum absolute atomic E-state index is 12.4. The lowest BCUT2D eigenvalue weighted by Gasteiger charge is -2.52. The van der Waals surface area contributed by atoms with E-state index in [1.54, 1.807) is 29.5 Å². The molecule has 0 aromatic carbocycles. The van der Waals surface area contributed by atoms with Gasteiger partial charge >= 0.3 is 5.97 Å². The predicted molar refractivity (Wildman–Crippen MR) is 86.5 cm³/mol. The van der Waals surface area contributed by atoms with E-state index >= 15 is 0 Å². The Morgan fingerprint density at radius 1 is 1.22 bits per heavy atom. The lowest BCUT2D eigenvalue weighted by Crippen LogP contribution is -2.64. The van der Waals surface area contributed by atoms with Gasteiger partial charge in [0.25, 0.3) is 0 Å². The van der Waals surface area contributed by atoms with Gasteiger partial charge in [-0.1, -0.05) is 6.07 Å². The molecule has 0 atom stereocenters. The summed E-state index contributed by atoms with van der Waals surface area (Å²) in [6, 6.07) is 5.20. The molecular weight excluding hydrogens is 294 g/mol. The first-order valence-electron chi connectivity index (χ1n) is 7.82. The summed E-state index contributed by atoms with van der Waals surface area (Å²) in [7, 11) is 0. The quantitative estimate of drug-likeness (QED) is 0.925. The zero-order valence-electron chi connectivity index (χ0n) is 14.4. The maximum atomic E-state index is 12.4. The van der Waals surface area contributed by atoms with Gasteiger partial charge in [0.05, 0.1) is 11.1 Å². The molecule has 2 rings (SSSR count). The molecule has 1 aromatic rings. The van der Waals surface area contributed by atoms with E-state index in [1.165, 1.54) is 6.92 Å². The van der Waals surface area contributed by atoms with Gasteiger partial charge in [-0.25, -0.2) is 9.78 Å². The van der Waals surface area contributed by atoms with Gasteiger partial charge in [-0.05, 0) is 52.7 Å². The summed E-state index contributed by atoms with van der Waals surface area (Å²) >= 11 is 0. The molecule has 6 heteroatoms. The Balaban J connectivity index is 2.17. The first kappa shape index (κ1) is 17.4. The minimum Gasteiger partial charge on any atom is -0.362 e. The molecule has 1 aliphatic rings. The Morgan fingerprint density at radius 3 is 2.30 bits per heavy atom. The van der Waals surface area contributed by atoms with Crippen LogP contribution in [0.2, 0.25) is 0 Å². The average Bonchev–Trinajstić information content (AvgIpc) is 2.42. The number of carbonyl (C=O) groups excluding carboxylic acids is 2. The van der Waals surface area contributed by atoms with Gasteiger partial charge in [0, 0.05) is 19.2 Å². The molecule has 1 saturated heterocycles. The highest BCUT2D eigenvalue weighted by molar-refractivity contribution is 5.86. The van der Waals surface area contributed by atoms with E-state index in [2.05, 4.69) is 10.3 Å². The van der Waals surface area contributed by atoms with Crippen LogP contribution in [0.3, 0.4) is 0 Å². The third-order valence-electron chi connectivity index (χ3n) is 4.05. The van der Waals surface area contributed by atoms with Crippen LogP contribution in [0.5, 0.6) is 0 Å². The van der Waals surface area contributed by atoms with Gasteiger partial charge < -0.3 is 10.2 Å². The number of nitrogens with zero attached hydrogens (tertiary/aromatic N) is 2. The minimum atomic E-state index is -0.468. The first-order valence-corrected chi connectivity index (χ1v) is 7.82. The van der Waals surface area contributed by atoms with Crippen molar-refractivity contribution in [3.63, 3.8) is 0 Å². The molecule has 0 aliphatic carbocycles. The number of aromatic nitrogens is 1. The molecule has 0 spiro atoms. The Bertz CT molecular complexity index is 566. The predicted octanol–water partition coefficient (Wildman–Crippen LogP) is 2.31. The molecule has 2 heterocycles. The van der Waals surface area contributed by atoms with Gasteiger partial charge in [-0.2, -0.15) is 0 Å².